The molecule has 0 aromatic carbocycles. The lowest BCUT2D eigenvalue weighted by Gasteiger charge is -2.27. The zero-order chi connectivity index (χ0) is 16.4. The van der Waals surface area contributed by atoms with Crippen LogP contribution in [0.15, 0.2) is 24.7 Å². The molecule has 0 radical (unpaired) electrons. The van der Waals surface area contributed by atoms with Gasteiger partial charge in [-0.05, 0) is 24.0 Å². The molecule has 6 nitrogen and oxygen atoms in total. The number of nitrogens with zero attached hydrogens (tertiary/aromatic N) is 5. The third kappa shape index (κ3) is 3.59. The summed E-state index contributed by atoms with van der Waals surface area (Å²) in [6.45, 7) is 1.48. The molecule has 2 aromatic rings. The quantitative estimate of drug-likeness (QED) is 0.831. The lowest BCUT2D eigenvalue weighted by atomic mass is 10.2. The Bertz CT molecular complexity index is 659. The number of aryl methyl sites for hydroxylation is 1. The number of amides is 1. The van der Waals surface area contributed by atoms with E-state index in [-0.39, 0.29) is 11.9 Å². The van der Waals surface area contributed by atoms with E-state index in [1.807, 2.05) is 17.8 Å². The third-order valence-electron chi connectivity index (χ3n) is 4.22. The minimum atomic E-state index is -0.854. The van der Waals surface area contributed by atoms with Crippen LogP contribution < -0.4 is 0 Å². The number of alkyl halides is 1. The van der Waals surface area contributed by atoms with Crippen molar-refractivity contribution < 1.29 is 9.18 Å². The summed E-state index contributed by atoms with van der Waals surface area (Å²) in [4.78, 5) is 21.0. The first-order chi connectivity index (χ1) is 11.0. The molecular formula is C15H20FN5OS. The molecule has 1 saturated heterocycles. The average Bonchev–Trinajstić information content (AvgIpc) is 3.23. The number of hydrogen-bond donors (Lipinski definition) is 0. The number of carbonyl (C=O) groups excluding carboxylic acids is 1. The molecule has 3 heterocycles. The number of likely N-dealkylation sites (tertiary alicyclic amines) is 1. The van der Waals surface area contributed by atoms with Gasteiger partial charge in [-0.3, -0.25) is 9.69 Å². The van der Waals surface area contributed by atoms with Crippen molar-refractivity contribution in [2.75, 3.05) is 20.1 Å². The molecule has 0 aliphatic carbocycles. The number of likely N-dealkylation sites (N-methyl/N-ethyl adjacent to an activating group) is 1. The molecule has 0 saturated carbocycles. The standard InChI is InChI=1S/C15H20FN5OS/c1-19-6-5-17-14(19)10-21-8-11(16)7-12(21)9-20(2)15(22)13-3-4-18-23-13/h3-6,11-12H,7-10H2,1-2H3/t11-,12-/m0/s1. The molecule has 124 valence electrons. The lowest BCUT2D eigenvalue weighted by molar-refractivity contribution is 0.0753. The molecule has 1 amide bonds. The normalized spacial score (nSPS) is 21.7. The van der Waals surface area contributed by atoms with Crippen molar-refractivity contribution in [3.63, 3.8) is 0 Å². The van der Waals surface area contributed by atoms with Gasteiger partial charge >= 0.3 is 0 Å². The summed E-state index contributed by atoms with van der Waals surface area (Å²) >= 11 is 1.18. The van der Waals surface area contributed by atoms with E-state index in [0.717, 1.165) is 5.82 Å². The highest BCUT2D eigenvalue weighted by atomic mass is 32.1. The summed E-state index contributed by atoms with van der Waals surface area (Å²) < 4.78 is 19.8. The van der Waals surface area contributed by atoms with Crippen molar-refractivity contribution >= 4 is 17.4 Å². The van der Waals surface area contributed by atoms with E-state index >= 15 is 0 Å². The summed E-state index contributed by atoms with van der Waals surface area (Å²) in [5, 5.41) is 0. The van der Waals surface area contributed by atoms with E-state index in [0.29, 0.717) is 30.9 Å². The molecule has 1 aliphatic rings. The fraction of sp³-hybridized carbons (Fsp3) is 0.533. The van der Waals surface area contributed by atoms with E-state index in [9.17, 15) is 9.18 Å². The maximum absolute atomic E-state index is 13.9. The minimum absolute atomic E-state index is 0.00331. The van der Waals surface area contributed by atoms with Crippen molar-refractivity contribution in [3.8, 4) is 0 Å². The van der Waals surface area contributed by atoms with Crippen LogP contribution in [-0.2, 0) is 13.6 Å². The Balaban J connectivity index is 1.65. The second-order valence-corrected chi connectivity index (χ2v) is 6.77. The smallest absolute Gasteiger partial charge is 0.265 e. The van der Waals surface area contributed by atoms with Gasteiger partial charge in [0, 0.05) is 51.8 Å². The van der Waals surface area contributed by atoms with E-state index in [4.69, 9.17) is 0 Å². The van der Waals surface area contributed by atoms with E-state index in [1.54, 1.807) is 30.4 Å². The first-order valence-electron chi connectivity index (χ1n) is 7.55. The molecule has 8 heteroatoms. The fourth-order valence-corrected chi connectivity index (χ4v) is 3.54. The number of rotatable bonds is 5. The summed E-state index contributed by atoms with van der Waals surface area (Å²) in [6, 6.07) is 1.71. The zero-order valence-corrected chi connectivity index (χ0v) is 14.0. The molecule has 0 unspecified atom stereocenters. The molecule has 2 atom stereocenters. The Morgan fingerprint density at radius 1 is 1.52 bits per heavy atom. The van der Waals surface area contributed by atoms with Crippen LogP contribution >= 0.6 is 11.5 Å². The van der Waals surface area contributed by atoms with Gasteiger partial charge < -0.3 is 9.47 Å². The van der Waals surface area contributed by atoms with Crippen molar-refractivity contribution in [2.24, 2.45) is 7.05 Å². The summed E-state index contributed by atoms with van der Waals surface area (Å²) in [6.07, 6.45) is 4.84. The van der Waals surface area contributed by atoms with Gasteiger partial charge in [0.05, 0.1) is 6.54 Å². The van der Waals surface area contributed by atoms with E-state index < -0.39 is 6.17 Å². The molecule has 2 aromatic heterocycles. The van der Waals surface area contributed by atoms with Gasteiger partial charge in [0.1, 0.15) is 16.9 Å². The monoisotopic (exact) mass is 337 g/mol. The van der Waals surface area contributed by atoms with Gasteiger partial charge in [0.15, 0.2) is 0 Å². The zero-order valence-electron chi connectivity index (χ0n) is 13.2. The number of carbonyl (C=O) groups is 1. The number of hydrogen-bond acceptors (Lipinski definition) is 5. The Kier molecular flexibility index (Phi) is 4.72. The molecule has 1 aliphatic heterocycles. The van der Waals surface area contributed by atoms with Crippen molar-refractivity contribution in [1.29, 1.82) is 0 Å². The predicted molar refractivity (Wildman–Crippen MR) is 86.0 cm³/mol. The summed E-state index contributed by atoms with van der Waals surface area (Å²) in [5.74, 6) is 0.840. The van der Waals surface area contributed by atoms with Crippen LogP contribution in [-0.4, -0.2) is 62.0 Å². The predicted octanol–water partition coefficient (Wildman–Crippen LogP) is 1.56. The van der Waals surface area contributed by atoms with Crippen molar-refractivity contribution in [2.45, 2.75) is 25.2 Å². The van der Waals surface area contributed by atoms with Gasteiger partial charge in [-0.15, -0.1) is 0 Å². The third-order valence-corrected chi connectivity index (χ3v) is 4.96. The van der Waals surface area contributed by atoms with Crippen LogP contribution in [0, 0.1) is 0 Å². The van der Waals surface area contributed by atoms with Crippen LogP contribution in [0.3, 0.4) is 0 Å². The summed E-state index contributed by atoms with van der Waals surface area (Å²) in [5.41, 5.74) is 0. The Hall–Kier alpha value is -1.80. The highest BCUT2D eigenvalue weighted by Gasteiger charge is 2.34. The first-order valence-corrected chi connectivity index (χ1v) is 8.32. The topological polar surface area (TPSA) is 54.3 Å². The van der Waals surface area contributed by atoms with Gasteiger partial charge in [-0.25, -0.2) is 13.7 Å². The minimum Gasteiger partial charge on any atom is -0.339 e. The Labute approximate surface area is 138 Å². The van der Waals surface area contributed by atoms with Crippen LogP contribution in [0.5, 0.6) is 0 Å². The number of imidazole rings is 1. The van der Waals surface area contributed by atoms with Crippen molar-refractivity contribution in [3.05, 3.63) is 35.4 Å². The highest BCUT2D eigenvalue weighted by molar-refractivity contribution is 7.08. The van der Waals surface area contributed by atoms with Gasteiger partial charge in [0.25, 0.3) is 5.91 Å². The molecule has 0 spiro atoms. The first kappa shape index (κ1) is 16.1. The Morgan fingerprint density at radius 2 is 2.35 bits per heavy atom. The van der Waals surface area contributed by atoms with Crippen molar-refractivity contribution in [1.82, 2.24) is 23.7 Å². The van der Waals surface area contributed by atoms with Crippen LogP contribution in [0.2, 0.25) is 0 Å². The lowest BCUT2D eigenvalue weighted by Crippen LogP contribution is -2.41. The molecule has 0 N–H and O–H groups in total. The molecule has 0 bridgehead atoms. The summed E-state index contributed by atoms with van der Waals surface area (Å²) in [7, 11) is 3.69. The SMILES string of the molecule is CN(C[C@@H]1C[C@H](F)CN1Cc1nccn1C)C(=O)c1ccns1. The average molecular weight is 337 g/mol. The van der Waals surface area contributed by atoms with Gasteiger partial charge in [0.2, 0.25) is 0 Å². The van der Waals surface area contributed by atoms with Crippen LogP contribution in [0.25, 0.3) is 0 Å². The fourth-order valence-electron chi connectivity index (χ4n) is 2.95. The van der Waals surface area contributed by atoms with Crippen LogP contribution in [0.1, 0.15) is 21.9 Å². The van der Waals surface area contributed by atoms with Gasteiger partial charge in [-0.1, -0.05) is 0 Å². The Morgan fingerprint density at radius 3 is 3.00 bits per heavy atom. The highest BCUT2D eigenvalue weighted by Crippen LogP contribution is 2.23. The second-order valence-electron chi connectivity index (χ2n) is 5.93. The molecule has 1 fully saturated rings. The van der Waals surface area contributed by atoms with E-state index in [2.05, 4.69) is 14.3 Å². The van der Waals surface area contributed by atoms with Gasteiger partial charge in [-0.2, -0.15) is 0 Å². The number of halogens is 1. The largest absolute Gasteiger partial charge is 0.339 e. The molecule has 3 rings (SSSR count). The molecule has 23 heavy (non-hydrogen) atoms. The maximum Gasteiger partial charge on any atom is 0.265 e. The van der Waals surface area contributed by atoms with Crippen LogP contribution in [0.4, 0.5) is 4.39 Å². The number of aromatic nitrogens is 3. The maximum atomic E-state index is 13.9. The molecular weight excluding hydrogens is 317 g/mol. The van der Waals surface area contributed by atoms with E-state index in [1.165, 1.54) is 11.5 Å². The second kappa shape index (κ2) is 6.76.